The minimum Gasteiger partial charge on any atom is -0.167 e. The molecule has 0 fully saturated rings. The average molecular weight is 386 g/mol. The number of hydrogen-bond acceptors (Lipinski definition) is 0. The first-order valence-corrected chi connectivity index (χ1v) is 10.1. The van der Waals surface area contributed by atoms with Gasteiger partial charge in [-0.25, -0.2) is 0 Å². The molecule has 2 nitrogen and oxygen atoms in total. The van der Waals surface area contributed by atoms with Gasteiger partial charge in [-0.15, -0.1) is 0 Å². The van der Waals surface area contributed by atoms with Gasteiger partial charge in [-0.3, -0.25) is 0 Å². The predicted octanol–water partition coefficient (Wildman–Crippen LogP) is 5.57. The van der Waals surface area contributed by atoms with E-state index in [-0.39, 0.29) is 0 Å². The smallest absolute Gasteiger partial charge is 0.167 e. The van der Waals surface area contributed by atoms with Gasteiger partial charge in [0.25, 0.3) is 0 Å². The second kappa shape index (κ2) is 8.14. The van der Waals surface area contributed by atoms with Crippen LogP contribution in [0.25, 0.3) is 33.6 Å². The van der Waals surface area contributed by atoms with Crippen molar-refractivity contribution >= 4 is 0 Å². The third kappa shape index (κ3) is 3.76. The highest BCUT2D eigenvalue weighted by atomic mass is 14.9. The van der Waals surface area contributed by atoms with E-state index in [0.717, 1.165) is 11.4 Å². The van der Waals surface area contributed by atoms with Gasteiger partial charge in [0.2, 0.25) is 11.4 Å². The Kier molecular flexibility index (Phi) is 4.89. The molecule has 0 aliphatic carbocycles. The van der Waals surface area contributed by atoms with Gasteiger partial charge in [0.05, 0.1) is 0 Å². The summed E-state index contributed by atoms with van der Waals surface area (Å²) >= 11 is 0. The third-order valence-corrected chi connectivity index (χ3v) is 5.30. The molecule has 0 aliphatic heterocycles. The van der Waals surface area contributed by atoms with Crippen molar-refractivity contribution in [2.45, 2.75) is 0 Å². The van der Waals surface area contributed by atoms with Gasteiger partial charge < -0.3 is 0 Å². The van der Waals surface area contributed by atoms with Crippen LogP contribution in [0.1, 0.15) is 0 Å². The minimum absolute atomic E-state index is 1.15. The molecule has 0 saturated carbocycles. The van der Waals surface area contributed by atoms with Crippen LogP contribution in [0.2, 0.25) is 0 Å². The molecular weight excluding hydrogens is 364 g/mol. The summed E-state index contributed by atoms with van der Waals surface area (Å²) in [7, 11) is 0. The zero-order valence-electron chi connectivity index (χ0n) is 16.6. The van der Waals surface area contributed by atoms with Crippen molar-refractivity contribution in [3.63, 3.8) is 0 Å². The summed E-state index contributed by atoms with van der Waals surface area (Å²) in [6.07, 6.45) is 8.46. The number of nitrogens with zero attached hydrogens (tertiary/aromatic N) is 2. The van der Waals surface area contributed by atoms with Crippen LogP contribution in [0.15, 0.2) is 134 Å². The lowest BCUT2D eigenvalue weighted by atomic mass is 10.1. The van der Waals surface area contributed by atoms with E-state index in [1.165, 1.54) is 22.3 Å². The normalized spacial score (nSPS) is 10.7. The Bertz CT molecular complexity index is 1240. The molecule has 0 radical (unpaired) electrons. The van der Waals surface area contributed by atoms with Crippen LogP contribution in [0.4, 0.5) is 0 Å². The van der Waals surface area contributed by atoms with Crippen LogP contribution in [-0.2, 0) is 0 Å². The van der Waals surface area contributed by atoms with E-state index in [0.29, 0.717) is 0 Å². The minimum atomic E-state index is 1.15. The number of pyridine rings is 2. The molecule has 2 aromatic heterocycles. The molecule has 3 aromatic carbocycles. The Labute approximate surface area is 177 Å². The molecule has 0 amide bonds. The zero-order valence-corrected chi connectivity index (χ0v) is 16.6. The largest absolute Gasteiger partial charge is 0.211 e. The van der Waals surface area contributed by atoms with Crippen molar-refractivity contribution in [1.82, 2.24) is 0 Å². The number of rotatable bonds is 4. The fraction of sp³-hybridized carbons (Fsp3) is 0. The van der Waals surface area contributed by atoms with Crippen molar-refractivity contribution in [3.8, 4) is 33.6 Å². The Balaban J connectivity index is 1.40. The maximum Gasteiger partial charge on any atom is 0.211 e. The first-order chi connectivity index (χ1) is 14.9. The molecule has 30 heavy (non-hydrogen) atoms. The number of aromatic nitrogens is 2. The topological polar surface area (TPSA) is 7.76 Å². The molecule has 0 N–H and O–H groups in total. The third-order valence-electron chi connectivity index (χ3n) is 5.30. The lowest BCUT2D eigenvalue weighted by molar-refractivity contribution is -0.596. The van der Waals surface area contributed by atoms with Gasteiger partial charge >= 0.3 is 0 Å². The monoisotopic (exact) mass is 386 g/mol. The van der Waals surface area contributed by atoms with E-state index >= 15 is 0 Å². The highest BCUT2D eigenvalue weighted by molar-refractivity contribution is 5.65. The maximum atomic E-state index is 2.22. The fourth-order valence-electron chi connectivity index (χ4n) is 3.66. The first kappa shape index (κ1) is 18.0. The summed E-state index contributed by atoms with van der Waals surface area (Å²) in [6, 6.07) is 38.1. The van der Waals surface area contributed by atoms with Gasteiger partial charge in [-0.1, -0.05) is 60.7 Å². The van der Waals surface area contributed by atoms with Crippen molar-refractivity contribution in [1.29, 1.82) is 0 Å². The van der Waals surface area contributed by atoms with E-state index in [4.69, 9.17) is 0 Å². The lowest BCUT2D eigenvalue weighted by Crippen LogP contribution is -2.29. The standard InChI is InChI=1S/C28H22N2/c1-3-8-23(9-4-1)26-10-7-13-28(22-26)30-20-16-25(17-21-30)24-14-18-29(19-15-24)27-11-5-2-6-12-27/h1-22H/q+2. The molecule has 2 heteroatoms. The van der Waals surface area contributed by atoms with Crippen molar-refractivity contribution in [2.24, 2.45) is 0 Å². The number of para-hydroxylation sites is 1. The molecule has 0 spiro atoms. The van der Waals surface area contributed by atoms with Crippen LogP contribution in [-0.4, -0.2) is 0 Å². The van der Waals surface area contributed by atoms with Crippen LogP contribution in [0.5, 0.6) is 0 Å². The lowest BCUT2D eigenvalue weighted by Gasteiger charge is -2.03. The number of benzene rings is 3. The van der Waals surface area contributed by atoms with Crippen molar-refractivity contribution in [2.75, 3.05) is 0 Å². The van der Waals surface area contributed by atoms with Gasteiger partial charge in [-0.2, -0.15) is 9.13 Å². The Morgan fingerprint density at radius 2 is 0.767 bits per heavy atom. The van der Waals surface area contributed by atoms with Crippen LogP contribution >= 0.6 is 0 Å². The average Bonchev–Trinajstić information content (AvgIpc) is 2.85. The van der Waals surface area contributed by atoms with E-state index < -0.39 is 0 Å². The molecule has 0 atom stereocenters. The maximum absolute atomic E-state index is 2.22. The second-order valence-electron chi connectivity index (χ2n) is 7.24. The van der Waals surface area contributed by atoms with Gasteiger partial charge in [0.15, 0.2) is 24.8 Å². The molecule has 0 saturated heterocycles. The molecular formula is C28H22N2+2. The van der Waals surface area contributed by atoms with Crippen LogP contribution in [0, 0.1) is 0 Å². The summed E-state index contributed by atoms with van der Waals surface area (Å²) in [6.45, 7) is 0. The van der Waals surface area contributed by atoms with Crippen LogP contribution < -0.4 is 9.13 Å². The Morgan fingerprint density at radius 3 is 1.37 bits per heavy atom. The van der Waals surface area contributed by atoms with Crippen LogP contribution in [0.3, 0.4) is 0 Å². The van der Waals surface area contributed by atoms with Gasteiger partial charge in [-0.05, 0) is 22.3 Å². The fourth-order valence-corrected chi connectivity index (χ4v) is 3.66. The van der Waals surface area contributed by atoms with E-state index in [2.05, 4.69) is 131 Å². The first-order valence-electron chi connectivity index (χ1n) is 10.1. The Morgan fingerprint density at radius 1 is 0.333 bits per heavy atom. The Hall–Kier alpha value is -4.04. The molecule has 5 rings (SSSR count). The summed E-state index contributed by atoms with van der Waals surface area (Å²) in [5.41, 5.74) is 7.16. The van der Waals surface area contributed by atoms with Gasteiger partial charge in [0, 0.05) is 48.5 Å². The highest BCUT2D eigenvalue weighted by Crippen LogP contribution is 2.21. The molecule has 0 aliphatic rings. The quantitative estimate of drug-likeness (QED) is 0.357. The summed E-state index contributed by atoms with van der Waals surface area (Å²) in [4.78, 5) is 0. The van der Waals surface area contributed by atoms with Crippen molar-refractivity contribution < 1.29 is 9.13 Å². The second-order valence-corrected chi connectivity index (χ2v) is 7.24. The van der Waals surface area contributed by atoms with E-state index in [1.807, 2.05) is 12.1 Å². The summed E-state index contributed by atoms with van der Waals surface area (Å²) in [5, 5.41) is 0. The van der Waals surface area contributed by atoms with E-state index in [1.54, 1.807) is 0 Å². The zero-order chi connectivity index (χ0) is 20.2. The summed E-state index contributed by atoms with van der Waals surface area (Å²) in [5.74, 6) is 0. The SMILES string of the molecule is c1ccc(-c2cccc(-[n+]3ccc(-c4cc[n+](-c5ccccc5)cc4)cc3)c2)cc1. The number of hydrogen-bond donors (Lipinski definition) is 0. The molecule has 2 heterocycles. The summed E-state index contributed by atoms with van der Waals surface area (Å²) < 4.78 is 4.28. The predicted molar refractivity (Wildman–Crippen MR) is 120 cm³/mol. The van der Waals surface area contributed by atoms with Crippen molar-refractivity contribution in [3.05, 3.63) is 134 Å². The molecule has 5 aromatic rings. The van der Waals surface area contributed by atoms with Gasteiger partial charge in [0.1, 0.15) is 0 Å². The molecule has 0 unspecified atom stereocenters. The molecule has 142 valence electrons. The highest BCUT2D eigenvalue weighted by Gasteiger charge is 2.10. The molecule has 0 bridgehead atoms. The van der Waals surface area contributed by atoms with E-state index in [9.17, 15) is 0 Å².